The molecular weight excluding hydrogens is 366 g/mol. The number of hydrogen-bond acceptors (Lipinski definition) is 4. The number of H-pyrrole nitrogens is 1. The lowest BCUT2D eigenvalue weighted by Gasteiger charge is -2.10. The Morgan fingerprint density at radius 1 is 0.966 bits per heavy atom. The second-order valence-corrected chi connectivity index (χ2v) is 6.88. The Bertz CT molecular complexity index is 1470. The summed E-state index contributed by atoms with van der Waals surface area (Å²) in [6.45, 7) is 0.438. The van der Waals surface area contributed by atoms with Crippen LogP contribution in [-0.2, 0) is 13.6 Å². The molecule has 5 rings (SSSR count). The van der Waals surface area contributed by atoms with Crippen molar-refractivity contribution in [2.75, 3.05) is 0 Å². The number of rotatable bonds is 3. The minimum atomic E-state index is -0.495. The van der Waals surface area contributed by atoms with Crippen LogP contribution in [0.3, 0.4) is 0 Å². The van der Waals surface area contributed by atoms with Gasteiger partial charge in [-0.2, -0.15) is 5.10 Å². The van der Waals surface area contributed by atoms with Gasteiger partial charge in [-0.05, 0) is 28.5 Å². The number of aromatic amines is 1. The summed E-state index contributed by atoms with van der Waals surface area (Å²) in [5.41, 5.74) is 1.65. The van der Waals surface area contributed by atoms with E-state index in [1.165, 1.54) is 7.05 Å². The molecule has 3 aromatic heterocycles. The number of fused-ring (bicyclic) bond motifs is 2. The molecule has 2 aromatic carbocycles. The van der Waals surface area contributed by atoms with E-state index in [0.717, 1.165) is 20.9 Å². The maximum Gasteiger partial charge on any atom is 0.329 e. The first kappa shape index (κ1) is 17.1. The molecule has 0 bridgehead atoms. The molecule has 0 amide bonds. The SMILES string of the molecule is Cn1c(=O)[nH]c2nn(Cc3cccc4ccccc34)c(-c3ccccn3)c2c1=O. The highest BCUT2D eigenvalue weighted by Crippen LogP contribution is 2.26. The van der Waals surface area contributed by atoms with Crippen molar-refractivity contribution >= 4 is 21.8 Å². The van der Waals surface area contributed by atoms with E-state index in [1.807, 2.05) is 42.5 Å². The van der Waals surface area contributed by atoms with Crippen LogP contribution in [0.4, 0.5) is 0 Å². The van der Waals surface area contributed by atoms with Gasteiger partial charge >= 0.3 is 5.69 Å². The molecule has 0 radical (unpaired) electrons. The van der Waals surface area contributed by atoms with E-state index < -0.39 is 11.2 Å². The maximum atomic E-state index is 12.9. The Balaban J connectivity index is 1.81. The zero-order chi connectivity index (χ0) is 20.0. The first-order valence-corrected chi connectivity index (χ1v) is 9.21. The van der Waals surface area contributed by atoms with Crippen molar-refractivity contribution in [2.24, 2.45) is 7.05 Å². The first-order chi connectivity index (χ1) is 14.1. The number of benzene rings is 2. The molecule has 142 valence electrons. The second kappa shape index (κ2) is 6.56. The van der Waals surface area contributed by atoms with Crippen LogP contribution in [0.5, 0.6) is 0 Å². The van der Waals surface area contributed by atoms with E-state index in [9.17, 15) is 9.59 Å². The standard InChI is InChI=1S/C22H17N5O2/c1-26-21(28)18-19(17-11-4-5-12-23-17)27(25-20(18)24-22(26)29)13-15-9-6-8-14-7-2-3-10-16(14)15/h2-12H,13H2,1H3,(H,24,25,29). The van der Waals surface area contributed by atoms with Gasteiger partial charge < -0.3 is 0 Å². The van der Waals surface area contributed by atoms with Crippen LogP contribution in [0, 0.1) is 0 Å². The normalized spacial score (nSPS) is 11.3. The van der Waals surface area contributed by atoms with E-state index in [4.69, 9.17) is 0 Å². The van der Waals surface area contributed by atoms with E-state index in [2.05, 4.69) is 33.3 Å². The fraction of sp³-hybridized carbons (Fsp3) is 0.0909. The Hall–Kier alpha value is -4.00. The molecule has 0 aliphatic heterocycles. The average molecular weight is 383 g/mol. The third-order valence-electron chi connectivity index (χ3n) is 5.11. The largest absolute Gasteiger partial charge is 0.329 e. The van der Waals surface area contributed by atoms with Gasteiger partial charge in [-0.15, -0.1) is 0 Å². The molecule has 0 aliphatic rings. The molecule has 5 aromatic rings. The lowest BCUT2D eigenvalue weighted by Crippen LogP contribution is -2.32. The van der Waals surface area contributed by atoms with Crippen molar-refractivity contribution in [3.63, 3.8) is 0 Å². The van der Waals surface area contributed by atoms with Crippen LogP contribution in [0.25, 0.3) is 33.2 Å². The highest BCUT2D eigenvalue weighted by atomic mass is 16.2. The van der Waals surface area contributed by atoms with E-state index in [-0.39, 0.29) is 5.65 Å². The summed E-state index contributed by atoms with van der Waals surface area (Å²) in [5, 5.41) is 7.16. The molecular formula is C22H17N5O2. The van der Waals surface area contributed by atoms with E-state index in [0.29, 0.717) is 23.3 Å². The number of nitrogens with zero attached hydrogens (tertiary/aromatic N) is 4. The summed E-state index contributed by atoms with van der Waals surface area (Å²) < 4.78 is 2.80. The monoisotopic (exact) mass is 383 g/mol. The molecule has 29 heavy (non-hydrogen) atoms. The Morgan fingerprint density at radius 3 is 2.59 bits per heavy atom. The summed E-state index contributed by atoms with van der Waals surface area (Å²) in [7, 11) is 1.45. The average Bonchev–Trinajstić information content (AvgIpc) is 3.11. The van der Waals surface area contributed by atoms with Crippen LogP contribution < -0.4 is 11.2 Å². The fourth-order valence-electron chi connectivity index (χ4n) is 3.67. The van der Waals surface area contributed by atoms with Crippen LogP contribution in [0.2, 0.25) is 0 Å². The number of hydrogen-bond donors (Lipinski definition) is 1. The first-order valence-electron chi connectivity index (χ1n) is 9.21. The Kier molecular flexibility index (Phi) is 3.87. The zero-order valence-corrected chi connectivity index (χ0v) is 15.7. The van der Waals surface area contributed by atoms with Crippen LogP contribution in [-0.4, -0.2) is 24.3 Å². The summed E-state index contributed by atoms with van der Waals surface area (Å²) >= 11 is 0. The Morgan fingerprint density at radius 2 is 1.76 bits per heavy atom. The predicted octanol–water partition coefficient (Wildman–Crippen LogP) is 2.69. The van der Waals surface area contributed by atoms with Gasteiger partial charge in [0.2, 0.25) is 0 Å². The van der Waals surface area contributed by atoms with E-state index >= 15 is 0 Å². The topological polar surface area (TPSA) is 85.6 Å². The van der Waals surface area contributed by atoms with Gasteiger partial charge in [-0.25, -0.2) is 4.79 Å². The molecule has 0 unspecified atom stereocenters. The van der Waals surface area contributed by atoms with Crippen molar-refractivity contribution in [3.05, 3.63) is 93.3 Å². The molecule has 0 saturated heterocycles. The highest BCUT2D eigenvalue weighted by Gasteiger charge is 2.20. The van der Waals surface area contributed by atoms with Gasteiger partial charge in [0.15, 0.2) is 5.65 Å². The summed E-state index contributed by atoms with van der Waals surface area (Å²) in [5.74, 6) is 0. The number of nitrogens with one attached hydrogen (secondary N) is 1. The molecule has 1 N–H and O–H groups in total. The quantitative estimate of drug-likeness (QED) is 0.519. The lowest BCUT2D eigenvalue weighted by atomic mass is 10.0. The Labute approximate surface area is 164 Å². The number of aromatic nitrogens is 5. The van der Waals surface area contributed by atoms with Gasteiger partial charge in [-0.3, -0.25) is 24.0 Å². The van der Waals surface area contributed by atoms with Gasteiger partial charge in [-0.1, -0.05) is 48.5 Å². The van der Waals surface area contributed by atoms with E-state index in [1.54, 1.807) is 10.9 Å². The van der Waals surface area contributed by atoms with Gasteiger partial charge in [0, 0.05) is 13.2 Å². The molecule has 0 saturated carbocycles. The van der Waals surface area contributed by atoms with Crippen molar-refractivity contribution < 1.29 is 0 Å². The predicted molar refractivity (Wildman–Crippen MR) is 112 cm³/mol. The molecule has 7 heteroatoms. The van der Waals surface area contributed by atoms with Crippen LogP contribution >= 0.6 is 0 Å². The van der Waals surface area contributed by atoms with Crippen LogP contribution in [0.15, 0.2) is 76.4 Å². The minimum Gasteiger partial charge on any atom is -0.290 e. The molecule has 3 heterocycles. The van der Waals surface area contributed by atoms with Gasteiger partial charge in [0.25, 0.3) is 5.56 Å². The van der Waals surface area contributed by atoms with Crippen molar-refractivity contribution in [1.29, 1.82) is 0 Å². The molecule has 0 aliphatic carbocycles. The third kappa shape index (κ3) is 2.75. The lowest BCUT2D eigenvalue weighted by molar-refractivity contribution is 0.701. The molecule has 0 atom stereocenters. The minimum absolute atomic E-state index is 0.263. The summed E-state index contributed by atoms with van der Waals surface area (Å²) in [4.78, 5) is 32.1. The zero-order valence-electron chi connectivity index (χ0n) is 15.7. The second-order valence-electron chi connectivity index (χ2n) is 6.88. The third-order valence-corrected chi connectivity index (χ3v) is 5.11. The molecule has 0 spiro atoms. The van der Waals surface area contributed by atoms with Gasteiger partial charge in [0.1, 0.15) is 11.1 Å². The maximum absolute atomic E-state index is 12.9. The highest BCUT2D eigenvalue weighted by molar-refractivity contribution is 5.90. The van der Waals surface area contributed by atoms with Gasteiger partial charge in [0.05, 0.1) is 12.2 Å². The summed E-state index contributed by atoms with van der Waals surface area (Å²) in [6.07, 6.45) is 1.67. The van der Waals surface area contributed by atoms with Crippen molar-refractivity contribution in [2.45, 2.75) is 6.54 Å². The smallest absolute Gasteiger partial charge is 0.290 e. The molecule has 7 nitrogen and oxygen atoms in total. The number of pyridine rings is 1. The molecule has 0 fully saturated rings. The van der Waals surface area contributed by atoms with Crippen LogP contribution in [0.1, 0.15) is 5.56 Å². The summed E-state index contributed by atoms with van der Waals surface area (Å²) in [6, 6.07) is 19.7. The van der Waals surface area contributed by atoms with Crippen molar-refractivity contribution in [1.82, 2.24) is 24.3 Å². The van der Waals surface area contributed by atoms with Crippen molar-refractivity contribution in [3.8, 4) is 11.4 Å². The fourth-order valence-corrected chi connectivity index (χ4v) is 3.67.